The number of hydrogen-bond donors (Lipinski definition) is 1. The molecule has 0 radical (unpaired) electrons. The Morgan fingerprint density at radius 2 is 1.92 bits per heavy atom. The smallest absolute Gasteiger partial charge is 0.234 e. The first-order valence-corrected chi connectivity index (χ1v) is 8.82. The average molecular weight is 354 g/mol. The van der Waals surface area contributed by atoms with Crippen molar-refractivity contribution < 1.29 is 23.0 Å². The van der Waals surface area contributed by atoms with Gasteiger partial charge >= 0.3 is 0 Å². The number of hydrogen-bond acceptors (Lipinski definition) is 4. The Morgan fingerprint density at radius 3 is 2.64 bits per heavy atom. The van der Waals surface area contributed by atoms with E-state index in [4.69, 9.17) is 9.47 Å². The van der Waals surface area contributed by atoms with Crippen LogP contribution in [0.15, 0.2) is 18.2 Å². The van der Waals surface area contributed by atoms with Crippen LogP contribution in [0.4, 0.5) is 8.78 Å². The summed E-state index contributed by atoms with van der Waals surface area (Å²) >= 11 is 0. The van der Waals surface area contributed by atoms with Crippen molar-refractivity contribution in [2.45, 2.75) is 38.0 Å². The van der Waals surface area contributed by atoms with E-state index in [-0.39, 0.29) is 43.3 Å². The summed E-state index contributed by atoms with van der Waals surface area (Å²) in [7, 11) is 0. The van der Waals surface area contributed by atoms with Crippen molar-refractivity contribution >= 4 is 5.91 Å². The van der Waals surface area contributed by atoms with E-state index < -0.39 is 11.6 Å². The molecule has 2 saturated heterocycles. The van der Waals surface area contributed by atoms with Crippen LogP contribution in [0.1, 0.15) is 24.8 Å². The Balaban J connectivity index is 1.48. The topological polar surface area (TPSA) is 50.8 Å². The minimum absolute atomic E-state index is 0.00593. The molecule has 0 aromatic heterocycles. The second-order valence-corrected chi connectivity index (χ2v) is 6.44. The average Bonchev–Trinajstić information content (AvgIpc) is 3.12. The molecule has 3 rings (SSSR count). The molecule has 1 N–H and O–H groups in total. The minimum atomic E-state index is -0.583. The van der Waals surface area contributed by atoms with E-state index in [1.165, 1.54) is 18.2 Å². The van der Waals surface area contributed by atoms with E-state index in [1.807, 2.05) is 0 Å². The lowest BCUT2D eigenvalue weighted by Gasteiger charge is -2.37. The number of nitrogens with one attached hydrogen (secondary N) is 1. The van der Waals surface area contributed by atoms with Gasteiger partial charge in [0.15, 0.2) is 6.29 Å². The van der Waals surface area contributed by atoms with Crippen molar-refractivity contribution in [3.63, 3.8) is 0 Å². The second-order valence-electron chi connectivity index (χ2n) is 6.44. The Kier molecular flexibility index (Phi) is 6.34. The highest BCUT2D eigenvalue weighted by Crippen LogP contribution is 2.24. The zero-order valence-corrected chi connectivity index (χ0v) is 14.2. The maximum atomic E-state index is 13.6. The van der Waals surface area contributed by atoms with E-state index >= 15 is 0 Å². The molecule has 0 bridgehead atoms. The highest BCUT2D eigenvalue weighted by atomic mass is 19.1. The Labute approximate surface area is 146 Å². The normalized spacial score (nSPS) is 22.2. The summed E-state index contributed by atoms with van der Waals surface area (Å²) in [5.41, 5.74) is 0.00593. The van der Waals surface area contributed by atoms with Gasteiger partial charge in [-0.3, -0.25) is 9.69 Å². The first kappa shape index (κ1) is 18.2. The number of rotatable bonds is 6. The summed E-state index contributed by atoms with van der Waals surface area (Å²) in [6, 6.07) is 3.86. The van der Waals surface area contributed by atoms with Crippen LogP contribution in [0.3, 0.4) is 0 Å². The van der Waals surface area contributed by atoms with Gasteiger partial charge in [-0.15, -0.1) is 0 Å². The van der Waals surface area contributed by atoms with Gasteiger partial charge in [-0.1, -0.05) is 12.5 Å². The standard InChI is InChI=1S/C18H24F2N2O3/c19-14-4-3-5-15(20)13(14)7-8-21-17(23)12-22-9-2-1-6-16(22)18-24-10-11-25-18/h3-5,16,18H,1-2,6-12H2,(H,21,23). The van der Waals surface area contributed by atoms with Crippen molar-refractivity contribution in [3.8, 4) is 0 Å². The van der Waals surface area contributed by atoms with Crippen molar-refractivity contribution in [2.24, 2.45) is 0 Å². The molecule has 25 heavy (non-hydrogen) atoms. The molecule has 2 aliphatic rings. The molecule has 1 atom stereocenters. The highest BCUT2D eigenvalue weighted by molar-refractivity contribution is 5.78. The molecule has 0 aliphatic carbocycles. The predicted octanol–water partition coefficient (Wildman–Crippen LogP) is 1.85. The maximum absolute atomic E-state index is 13.6. The van der Waals surface area contributed by atoms with Crippen LogP contribution >= 0.6 is 0 Å². The van der Waals surface area contributed by atoms with Gasteiger partial charge in [-0.25, -0.2) is 8.78 Å². The molecule has 2 aliphatic heterocycles. The fourth-order valence-electron chi connectivity index (χ4n) is 3.46. The largest absolute Gasteiger partial charge is 0.355 e. The van der Waals surface area contributed by atoms with Gasteiger partial charge in [-0.2, -0.15) is 0 Å². The third kappa shape index (κ3) is 4.74. The Morgan fingerprint density at radius 1 is 1.20 bits per heavy atom. The second kappa shape index (κ2) is 8.69. The van der Waals surface area contributed by atoms with Gasteiger partial charge in [0.05, 0.1) is 25.8 Å². The number of carbonyl (C=O) groups is 1. The highest BCUT2D eigenvalue weighted by Gasteiger charge is 2.34. The van der Waals surface area contributed by atoms with Crippen molar-refractivity contribution in [2.75, 3.05) is 32.8 Å². The van der Waals surface area contributed by atoms with E-state index in [0.29, 0.717) is 13.2 Å². The van der Waals surface area contributed by atoms with Crippen LogP contribution in [0.5, 0.6) is 0 Å². The molecular weight excluding hydrogens is 330 g/mol. The molecule has 2 heterocycles. The SMILES string of the molecule is O=C(CN1CCCCC1C1OCCO1)NCCc1c(F)cccc1F. The number of piperidine rings is 1. The number of carbonyl (C=O) groups excluding carboxylic acids is 1. The Hall–Kier alpha value is -1.57. The molecule has 138 valence electrons. The monoisotopic (exact) mass is 354 g/mol. The number of nitrogens with zero attached hydrogens (tertiary/aromatic N) is 1. The molecule has 2 fully saturated rings. The summed E-state index contributed by atoms with van der Waals surface area (Å²) in [6.45, 7) is 2.45. The van der Waals surface area contributed by atoms with Gasteiger partial charge in [-0.05, 0) is 37.9 Å². The third-order valence-electron chi connectivity index (χ3n) is 4.73. The zero-order valence-electron chi connectivity index (χ0n) is 14.2. The summed E-state index contributed by atoms with van der Waals surface area (Å²) in [6.07, 6.45) is 2.94. The molecule has 1 aromatic carbocycles. The van der Waals surface area contributed by atoms with E-state index in [9.17, 15) is 13.6 Å². The quantitative estimate of drug-likeness (QED) is 0.847. The van der Waals surface area contributed by atoms with Gasteiger partial charge in [0, 0.05) is 12.1 Å². The molecular formula is C18H24F2N2O3. The van der Waals surface area contributed by atoms with Crippen LogP contribution in [0.25, 0.3) is 0 Å². The van der Waals surface area contributed by atoms with Crippen molar-refractivity contribution in [1.29, 1.82) is 0 Å². The van der Waals surface area contributed by atoms with E-state index in [0.717, 1.165) is 25.8 Å². The van der Waals surface area contributed by atoms with Crippen molar-refractivity contribution in [3.05, 3.63) is 35.4 Å². The molecule has 5 nitrogen and oxygen atoms in total. The first-order chi connectivity index (χ1) is 12.1. The predicted molar refractivity (Wildman–Crippen MR) is 88.0 cm³/mol. The molecule has 1 amide bonds. The maximum Gasteiger partial charge on any atom is 0.234 e. The third-order valence-corrected chi connectivity index (χ3v) is 4.73. The van der Waals surface area contributed by atoms with Crippen LogP contribution in [0, 0.1) is 11.6 Å². The van der Waals surface area contributed by atoms with E-state index in [1.54, 1.807) is 0 Å². The number of benzene rings is 1. The van der Waals surface area contributed by atoms with Gasteiger partial charge in [0.1, 0.15) is 11.6 Å². The van der Waals surface area contributed by atoms with Gasteiger partial charge in [0.2, 0.25) is 5.91 Å². The number of amides is 1. The van der Waals surface area contributed by atoms with Crippen molar-refractivity contribution in [1.82, 2.24) is 10.2 Å². The number of halogens is 2. The lowest BCUT2D eigenvalue weighted by Crippen LogP contribution is -2.51. The summed E-state index contributed by atoms with van der Waals surface area (Å²) in [4.78, 5) is 14.3. The Bertz CT molecular complexity index is 573. The van der Waals surface area contributed by atoms with Crippen LogP contribution in [-0.4, -0.2) is 56.0 Å². The number of ether oxygens (including phenoxy) is 2. The fraction of sp³-hybridized carbons (Fsp3) is 0.611. The van der Waals surface area contributed by atoms with Crippen LogP contribution < -0.4 is 5.32 Å². The van der Waals surface area contributed by atoms with Crippen LogP contribution in [0.2, 0.25) is 0 Å². The summed E-state index contributed by atoms with van der Waals surface area (Å²) < 4.78 is 38.3. The zero-order chi connectivity index (χ0) is 17.6. The summed E-state index contributed by atoms with van der Waals surface area (Å²) in [5.74, 6) is -1.32. The van der Waals surface area contributed by atoms with Crippen LogP contribution in [-0.2, 0) is 20.7 Å². The molecule has 1 unspecified atom stereocenters. The lowest BCUT2D eigenvalue weighted by molar-refractivity contribution is -0.131. The molecule has 0 saturated carbocycles. The molecule has 0 spiro atoms. The van der Waals surface area contributed by atoms with E-state index in [2.05, 4.69) is 10.2 Å². The first-order valence-electron chi connectivity index (χ1n) is 8.82. The molecule has 7 heteroatoms. The van der Waals surface area contributed by atoms with Gasteiger partial charge < -0.3 is 14.8 Å². The van der Waals surface area contributed by atoms with Gasteiger partial charge in [0.25, 0.3) is 0 Å². The lowest BCUT2D eigenvalue weighted by atomic mass is 10.0. The molecule has 1 aromatic rings. The minimum Gasteiger partial charge on any atom is -0.355 e. The fourth-order valence-corrected chi connectivity index (χ4v) is 3.46. The summed E-state index contributed by atoms with van der Waals surface area (Å²) in [5, 5.41) is 2.75. The number of likely N-dealkylation sites (tertiary alicyclic amines) is 1.